The summed E-state index contributed by atoms with van der Waals surface area (Å²) in [5.41, 5.74) is 29.7. The van der Waals surface area contributed by atoms with E-state index in [4.69, 9.17) is 29.9 Å². The van der Waals surface area contributed by atoms with Crippen LogP contribution in [0.25, 0.3) is 33.4 Å². The highest BCUT2D eigenvalue weighted by Gasteiger charge is 2.48. The van der Waals surface area contributed by atoms with E-state index >= 15 is 0 Å². The van der Waals surface area contributed by atoms with E-state index in [0.29, 0.717) is 36.5 Å². The summed E-state index contributed by atoms with van der Waals surface area (Å²) in [6.07, 6.45) is 7.56. The van der Waals surface area contributed by atoms with Crippen LogP contribution in [0, 0.1) is 57.8 Å². The minimum Gasteiger partial charge on any atom is -0.314 e. The molecule has 0 aliphatic rings. The highest BCUT2D eigenvalue weighted by molar-refractivity contribution is 7.98. The van der Waals surface area contributed by atoms with E-state index in [9.17, 15) is 5.73 Å². The van der Waals surface area contributed by atoms with Crippen LogP contribution >= 0.6 is 35.3 Å². The van der Waals surface area contributed by atoms with Gasteiger partial charge in [0.1, 0.15) is 0 Å². The molecule has 0 unspecified atom stereocenters. The van der Waals surface area contributed by atoms with Gasteiger partial charge in [-0.1, -0.05) is 170 Å². The van der Waals surface area contributed by atoms with Crippen molar-refractivity contribution >= 4 is 35.3 Å². The van der Waals surface area contributed by atoms with Gasteiger partial charge in [-0.05, 0) is 164 Å². The lowest BCUT2D eigenvalue weighted by Crippen LogP contribution is -2.46. The number of nitrogens with two attached hydrogens (primary N) is 1. The van der Waals surface area contributed by atoms with Crippen molar-refractivity contribution in [1.29, 1.82) is 0 Å². The second-order valence-corrected chi connectivity index (χ2v) is 29.1. The highest BCUT2D eigenvalue weighted by atomic mass is 32.2. The lowest BCUT2D eigenvalue weighted by Gasteiger charge is -2.43. The lowest BCUT2D eigenvalue weighted by molar-refractivity contribution is 0.393. The largest absolute Gasteiger partial charge is 0.314 e. The first-order valence-corrected chi connectivity index (χ1v) is 32.0. The van der Waals surface area contributed by atoms with Gasteiger partial charge < -0.3 is 5.73 Å². The van der Waals surface area contributed by atoms with Crippen LogP contribution in [0.1, 0.15) is 147 Å². The van der Waals surface area contributed by atoms with Crippen LogP contribution in [0.15, 0.2) is 161 Å². The molecule has 0 bridgehead atoms. The predicted molar refractivity (Wildman–Crippen MR) is 352 cm³/mol. The molecule has 0 atom stereocenters. The molecule has 428 valence electrons. The first-order chi connectivity index (χ1) is 39.4. The average Bonchev–Trinajstić information content (AvgIpc) is 0.875. The molecule has 0 amide bonds. The number of benzene rings is 3. The summed E-state index contributed by atoms with van der Waals surface area (Å²) < 4.78 is 0. The molecule has 0 saturated carbocycles. The van der Waals surface area contributed by atoms with E-state index in [1.807, 2.05) is 36.8 Å². The van der Waals surface area contributed by atoms with Gasteiger partial charge in [0, 0.05) is 86.7 Å². The van der Waals surface area contributed by atoms with E-state index < -0.39 is 5.54 Å². The second-order valence-electron chi connectivity index (χ2n) is 26.1. The zero-order chi connectivity index (χ0) is 59.4. The fourth-order valence-corrected chi connectivity index (χ4v) is 14.2. The number of aromatic nitrogens is 6. The van der Waals surface area contributed by atoms with Crippen LogP contribution in [-0.2, 0) is 42.1 Å². The molecule has 9 aromatic rings. The quantitative estimate of drug-likeness (QED) is 0.0836. The van der Waals surface area contributed by atoms with Gasteiger partial charge in [0.2, 0.25) is 0 Å². The number of pyridine rings is 6. The van der Waals surface area contributed by atoms with E-state index in [-0.39, 0.29) is 16.2 Å². The van der Waals surface area contributed by atoms with Crippen molar-refractivity contribution in [3.63, 3.8) is 0 Å². The Kier molecular flexibility index (Phi) is 18.7. The van der Waals surface area contributed by atoms with Crippen molar-refractivity contribution in [2.75, 3.05) is 0 Å². The molecular weight excluding hydrogens is 1070 g/mol. The van der Waals surface area contributed by atoms with Gasteiger partial charge in [-0.25, -0.2) is 15.0 Å². The molecule has 83 heavy (non-hydrogen) atoms. The van der Waals surface area contributed by atoms with Crippen LogP contribution in [0.4, 0.5) is 0 Å². The summed E-state index contributed by atoms with van der Waals surface area (Å²) in [5.74, 6) is 1.81. The lowest BCUT2D eigenvalue weighted by atomic mass is 9.65. The van der Waals surface area contributed by atoms with E-state index in [0.717, 1.165) is 116 Å². The fraction of sp³-hybridized carbons (Fsp3) is 0.342. The van der Waals surface area contributed by atoms with Crippen LogP contribution in [0.3, 0.4) is 0 Å². The molecule has 0 radical (unpaired) electrons. The topological polar surface area (TPSA) is 103 Å². The van der Waals surface area contributed by atoms with Crippen LogP contribution < -0.4 is 5.73 Å². The Hall–Kier alpha value is -6.43. The highest BCUT2D eigenvalue weighted by Crippen LogP contribution is 2.55. The van der Waals surface area contributed by atoms with Crippen molar-refractivity contribution in [1.82, 2.24) is 29.9 Å². The third-order valence-corrected chi connectivity index (χ3v) is 18.0. The summed E-state index contributed by atoms with van der Waals surface area (Å²) in [5, 5.41) is 2.83. The van der Waals surface area contributed by atoms with Gasteiger partial charge in [-0.15, -0.1) is 35.3 Å². The molecule has 6 heterocycles. The zero-order valence-corrected chi connectivity index (χ0v) is 54.0. The van der Waals surface area contributed by atoms with Crippen LogP contribution in [-0.4, -0.2) is 29.9 Å². The SMILES string of the molecule is Cc1ccc(-c2c(CSc3ccccn3)c(C)nc(CC(C)(C)C)c2C(N)(c2c(CC(C)(C)C)nc(C)c(CSc3ccccn3)c2-c2ccc(C)cc2)c2c(CC(C)(C)C)nc(C)c(CSc3ccccn3)c2-c2ccc(C)cc2)cc1. The molecule has 9 rings (SSSR count). The molecule has 7 nitrogen and oxygen atoms in total. The maximum absolute atomic E-state index is 9.73. The first-order valence-electron chi connectivity index (χ1n) is 29.1. The summed E-state index contributed by atoms with van der Waals surface area (Å²) >= 11 is 5.21. The maximum atomic E-state index is 9.73. The average molecular weight is 1150 g/mol. The Morgan fingerprint density at radius 2 is 0.602 bits per heavy atom. The van der Waals surface area contributed by atoms with Gasteiger partial charge in [0.05, 0.1) is 20.6 Å². The van der Waals surface area contributed by atoms with Crippen molar-refractivity contribution in [3.05, 3.63) is 230 Å². The fourth-order valence-electron chi connectivity index (χ4n) is 11.3. The zero-order valence-electron chi connectivity index (χ0n) is 51.6. The Bertz CT molecular complexity index is 3300. The van der Waals surface area contributed by atoms with Crippen LogP contribution in [0.5, 0.6) is 0 Å². The summed E-state index contributed by atoms with van der Waals surface area (Å²) in [4.78, 5) is 32.5. The Morgan fingerprint density at radius 3 is 0.819 bits per heavy atom. The minimum absolute atomic E-state index is 0.224. The number of rotatable bonds is 18. The van der Waals surface area contributed by atoms with Crippen molar-refractivity contribution in [2.45, 2.75) is 161 Å². The third-order valence-electron chi connectivity index (χ3n) is 15.0. The van der Waals surface area contributed by atoms with Gasteiger partial charge in [-0.2, -0.15) is 0 Å². The predicted octanol–water partition coefficient (Wildman–Crippen LogP) is 18.8. The molecule has 0 spiro atoms. The Labute approximate surface area is 508 Å². The number of nitrogens with zero attached hydrogens (tertiary/aromatic N) is 6. The number of thioether (sulfide) groups is 3. The Balaban J connectivity index is 1.61. The van der Waals surface area contributed by atoms with E-state index in [1.165, 1.54) is 16.7 Å². The monoisotopic (exact) mass is 1150 g/mol. The van der Waals surface area contributed by atoms with Gasteiger partial charge >= 0.3 is 0 Å². The summed E-state index contributed by atoms with van der Waals surface area (Å²) in [6, 6.07) is 45.8. The van der Waals surface area contributed by atoms with Crippen molar-refractivity contribution < 1.29 is 0 Å². The standard InChI is InChI=1S/C73H83N7S3/c1-46-25-31-52(32-26-46)64-55(43-81-61-22-16-19-37-75-61)49(4)78-58(40-70(7,8)9)67(64)73(74,68-59(41-71(10,11)12)79-50(5)56(44-82-62-23-17-20-38-76-62)65(68)53-33-27-47(2)28-34-53)69-60(42-72(13,14)15)80-51(6)57(45-83-63-24-18-21-39-77-63)66(69)54-35-29-48(3)30-36-54/h16-39H,40-45,74H2,1-15H3. The van der Waals surface area contributed by atoms with Gasteiger partial charge in [-0.3, -0.25) is 15.0 Å². The molecule has 3 aromatic carbocycles. The summed E-state index contributed by atoms with van der Waals surface area (Å²) in [6.45, 7) is 34.1. The maximum Gasteiger partial charge on any atom is 0.0994 e. The minimum atomic E-state index is -1.52. The third kappa shape index (κ3) is 14.6. The molecule has 2 N–H and O–H groups in total. The molecule has 0 aliphatic heterocycles. The number of hydrogen-bond acceptors (Lipinski definition) is 10. The van der Waals surface area contributed by atoms with E-state index in [1.54, 1.807) is 35.3 Å². The molecular formula is C73H83N7S3. The molecule has 0 aliphatic carbocycles. The van der Waals surface area contributed by atoms with Crippen molar-refractivity contribution in [3.8, 4) is 33.4 Å². The Morgan fingerprint density at radius 1 is 0.349 bits per heavy atom. The number of hydrogen-bond donors (Lipinski definition) is 1. The van der Waals surface area contributed by atoms with Gasteiger partial charge in [0.25, 0.3) is 0 Å². The summed E-state index contributed by atoms with van der Waals surface area (Å²) in [7, 11) is 0. The first kappa shape index (κ1) is 61.1. The van der Waals surface area contributed by atoms with Crippen molar-refractivity contribution in [2.24, 2.45) is 22.0 Å². The number of aryl methyl sites for hydroxylation is 6. The normalized spacial score (nSPS) is 12.3. The second kappa shape index (κ2) is 25.4. The van der Waals surface area contributed by atoms with Crippen LogP contribution in [0.2, 0.25) is 0 Å². The van der Waals surface area contributed by atoms with E-state index in [2.05, 4.69) is 213 Å². The molecule has 0 saturated heterocycles. The molecule has 10 heteroatoms. The molecule has 0 fully saturated rings. The molecule has 6 aromatic heterocycles. The van der Waals surface area contributed by atoms with Gasteiger partial charge in [0.15, 0.2) is 0 Å². The smallest absolute Gasteiger partial charge is 0.0994 e.